The molecule has 1 atom stereocenters. The predicted molar refractivity (Wildman–Crippen MR) is 111 cm³/mol. The van der Waals surface area contributed by atoms with Gasteiger partial charge in [0.05, 0.1) is 16.1 Å². The third-order valence-electron chi connectivity index (χ3n) is 4.91. The molecule has 3 aromatic rings. The summed E-state index contributed by atoms with van der Waals surface area (Å²) in [5.74, 6) is -2.73. The Bertz CT molecular complexity index is 1490. The largest absolute Gasteiger partial charge is 0.421 e. The topological polar surface area (TPSA) is 130 Å². The van der Waals surface area contributed by atoms with Gasteiger partial charge < -0.3 is 5.32 Å². The molecule has 0 aliphatic carbocycles. The van der Waals surface area contributed by atoms with Crippen LogP contribution in [0.3, 0.4) is 0 Å². The molecule has 1 amide bonds. The second kappa shape index (κ2) is 7.57. The van der Waals surface area contributed by atoms with Crippen molar-refractivity contribution in [2.75, 3.05) is 5.32 Å². The number of alkyl halides is 3. The van der Waals surface area contributed by atoms with Gasteiger partial charge in [-0.3, -0.25) is 14.6 Å². The summed E-state index contributed by atoms with van der Waals surface area (Å²) >= 11 is 5.80. The van der Waals surface area contributed by atoms with Crippen LogP contribution in [0.1, 0.15) is 5.56 Å². The van der Waals surface area contributed by atoms with Crippen molar-refractivity contribution in [3.05, 3.63) is 86.0 Å². The van der Waals surface area contributed by atoms with Crippen LogP contribution in [0, 0.1) is 0 Å². The number of sulfonamides is 1. The van der Waals surface area contributed by atoms with Gasteiger partial charge in [0.15, 0.2) is 0 Å². The minimum absolute atomic E-state index is 0.0407. The number of H-pyrrole nitrogens is 1. The number of amides is 1. The van der Waals surface area contributed by atoms with E-state index in [9.17, 15) is 36.0 Å². The number of nitrogens with zero attached hydrogens (tertiary/aromatic N) is 1. The van der Waals surface area contributed by atoms with E-state index in [0.29, 0.717) is 4.57 Å². The Balaban J connectivity index is 2.03. The van der Waals surface area contributed by atoms with Crippen molar-refractivity contribution < 1.29 is 26.4 Å². The monoisotopic (exact) mass is 500 g/mol. The lowest BCUT2D eigenvalue weighted by Gasteiger charge is -2.29. The van der Waals surface area contributed by atoms with Crippen LogP contribution in [0.15, 0.2) is 69.1 Å². The molecule has 3 N–H and O–H groups in total. The lowest BCUT2D eigenvalue weighted by molar-refractivity contribution is -0.194. The van der Waals surface area contributed by atoms with Crippen molar-refractivity contribution in [1.29, 1.82) is 0 Å². The van der Waals surface area contributed by atoms with E-state index in [1.165, 1.54) is 47.2 Å². The molecule has 1 aliphatic rings. The van der Waals surface area contributed by atoms with Gasteiger partial charge >= 0.3 is 11.9 Å². The quantitative estimate of drug-likeness (QED) is 0.503. The van der Waals surface area contributed by atoms with Gasteiger partial charge in [0, 0.05) is 5.02 Å². The molecule has 1 aromatic heterocycles. The maximum Gasteiger partial charge on any atom is 0.421 e. The number of hydrogen-bond acceptors (Lipinski definition) is 5. The van der Waals surface area contributed by atoms with Crippen LogP contribution < -0.4 is 21.3 Å². The average molecular weight is 501 g/mol. The minimum Gasteiger partial charge on any atom is -0.309 e. The fourth-order valence-electron chi connectivity index (χ4n) is 3.44. The van der Waals surface area contributed by atoms with E-state index in [1.54, 1.807) is 4.98 Å². The molecule has 0 spiro atoms. The molecular formula is C19H12ClF3N4O5S. The van der Waals surface area contributed by atoms with Gasteiger partial charge in [-0.25, -0.2) is 17.8 Å². The van der Waals surface area contributed by atoms with Crippen LogP contribution >= 0.6 is 11.6 Å². The summed E-state index contributed by atoms with van der Waals surface area (Å²) in [5, 5.41) is 2.10. The normalized spacial score (nSPS) is 18.1. The van der Waals surface area contributed by atoms with Crippen molar-refractivity contribution in [3.8, 4) is 5.69 Å². The number of carbonyl (C=O) groups is 1. The number of fused-ring (bicyclic) bond motifs is 1. The first-order valence-electron chi connectivity index (χ1n) is 9.01. The number of carbonyl (C=O) groups excluding carboxylic acids is 1. The fraction of sp³-hybridized carbons (Fsp3) is 0.105. The Kier molecular flexibility index (Phi) is 5.22. The zero-order valence-corrected chi connectivity index (χ0v) is 17.7. The smallest absolute Gasteiger partial charge is 0.309 e. The van der Waals surface area contributed by atoms with E-state index >= 15 is 0 Å². The number of aromatic nitrogens is 2. The standard InChI is InChI=1S/C19H12ClF3N4O5S/c20-10-6-8-11(9-7-10)27-14-13(15(28)25-17(27)30)18(16(29)24-14,19(21,22)23)26-33(31,32)12-4-2-1-3-5-12/h1-9,26H,(H,24,29)(H,25,28,30)/t18-/m0/s1. The van der Waals surface area contributed by atoms with Crippen LogP contribution in [0.2, 0.25) is 5.02 Å². The predicted octanol–water partition coefficient (Wildman–Crippen LogP) is 1.87. The maximum absolute atomic E-state index is 14.4. The average Bonchev–Trinajstić information content (AvgIpc) is 3.02. The Hall–Kier alpha value is -3.42. The molecule has 0 unspecified atom stereocenters. The molecule has 0 fully saturated rings. The highest BCUT2D eigenvalue weighted by molar-refractivity contribution is 7.89. The van der Waals surface area contributed by atoms with Gasteiger partial charge in [-0.2, -0.15) is 17.9 Å². The Morgan fingerprint density at radius 1 is 0.970 bits per heavy atom. The number of anilines is 1. The van der Waals surface area contributed by atoms with E-state index < -0.39 is 55.2 Å². The number of nitrogens with one attached hydrogen (secondary N) is 3. The second-order valence-electron chi connectivity index (χ2n) is 6.92. The molecule has 9 nitrogen and oxygen atoms in total. The number of rotatable bonds is 4. The number of aromatic amines is 1. The van der Waals surface area contributed by atoms with Crippen molar-refractivity contribution in [2.45, 2.75) is 16.6 Å². The SMILES string of the molecule is O=C1Nc2c(c(=O)[nH]c(=O)n2-c2ccc(Cl)cc2)[C@@]1(NS(=O)(=O)c1ccccc1)C(F)(F)F. The van der Waals surface area contributed by atoms with E-state index in [4.69, 9.17) is 11.6 Å². The minimum atomic E-state index is -5.61. The molecule has 0 bridgehead atoms. The first-order chi connectivity index (χ1) is 15.4. The second-order valence-corrected chi connectivity index (χ2v) is 9.03. The highest BCUT2D eigenvalue weighted by Gasteiger charge is 2.69. The van der Waals surface area contributed by atoms with Crippen molar-refractivity contribution in [2.24, 2.45) is 0 Å². The Labute approximate surface area is 187 Å². The number of hydrogen-bond donors (Lipinski definition) is 3. The zero-order chi connectivity index (χ0) is 24.2. The van der Waals surface area contributed by atoms with Crippen LogP contribution in [0.5, 0.6) is 0 Å². The van der Waals surface area contributed by atoms with Gasteiger partial charge in [-0.05, 0) is 36.4 Å². The van der Waals surface area contributed by atoms with Crippen molar-refractivity contribution >= 4 is 33.3 Å². The summed E-state index contributed by atoms with van der Waals surface area (Å²) in [7, 11) is -4.96. The molecule has 33 heavy (non-hydrogen) atoms. The lowest BCUT2D eigenvalue weighted by atomic mass is 9.93. The first-order valence-corrected chi connectivity index (χ1v) is 10.9. The van der Waals surface area contributed by atoms with Crippen molar-refractivity contribution in [1.82, 2.24) is 14.3 Å². The molecule has 0 saturated carbocycles. The molecular weight excluding hydrogens is 489 g/mol. The molecule has 2 heterocycles. The van der Waals surface area contributed by atoms with Gasteiger partial charge in [0.2, 0.25) is 15.6 Å². The summed E-state index contributed by atoms with van der Waals surface area (Å²) in [5.41, 5.74) is -8.13. The van der Waals surface area contributed by atoms with Crippen LogP contribution in [-0.4, -0.2) is 30.1 Å². The summed E-state index contributed by atoms with van der Waals surface area (Å²) in [6.45, 7) is 0. The summed E-state index contributed by atoms with van der Waals surface area (Å²) in [4.78, 5) is 39.0. The van der Waals surface area contributed by atoms with E-state index in [1.807, 2.05) is 5.32 Å². The van der Waals surface area contributed by atoms with Gasteiger partial charge in [-0.1, -0.05) is 29.8 Å². The third kappa shape index (κ3) is 3.53. The Morgan fingerprint density at radius 3 is 2.15 bits per heavy atom. The van der Waals surface area contributed by atoms with Crippen molar-refractivity contribution in [3.63, 3.8) is 0 Å². The van der Waals surface area contributed by atoms with Gasteiger partial charge in [0.1, 0.15) is 5.82 Å². The number of benzene rings is 2. The molecule has 2 aromatic carbocycles. The molecule has 172 valence electrons. The van der Waals surface area contributed by atoms with E-state index in [-0.39, 0.29) is 10.7 Å². The fourth-order valence-corrected chi connectivity index (χ4v) is 4.91. The molecule has 0 saturated heterocycles. The first kappa shape index (κ1) is 22.8. The Morgan fingerprint density at radius 2 is 1.58 bits per heavy atom. The van der Waals surface area contributed by atoms with Gasteiger partial charge in [0.25, 0.3) is 11.5 Å². The van der Waals surface area contributed by atoms with E-state index in [2.05, 4.69) is 0 Å². The molecule has 14 heteroatoms. The highest BCUT2D eigenvalue weighted by atomic mass is 35.5. The van der Waals surface area contributed by atoms with E-state index in [0.717, 1.165) is 12.1 Å². The summed E-state index contributed by atoms with van der Waals surface area (Å²) in [6.07, 6.45) is -5.61. The summed E-state index contributed by atoms with van der Waals surface area (Å²) < 4.78 is 70.8. The van der Waals surface area contributed by atoms with Crippen LogP contribution in [0.4, 0.5) is 19.0 Å². The molecule has 1 aliphatic heterocycles. The van der Waals surface area contributed by atoms with Crippen LogP contribution in [-0.2, 0) is 20.4 Å². The highest BCUT2D eigenvalue weighted by Crippen LogP contribution is 2.46. The zero-order valence-electron chi connectivity index (χ0n) is 16.1. The summed E-state index contributed by atoms with van der Waals surface area (Å²) in [6, 6.07) is 11.2. The molecule has 4 rings (SSSR count). The third-order valence-corrected chi connectivity index (χ3v) is 6.63. The lowest BCUT2D eigenvalue weighted by Crippen LogP contribution is -2.61. The van der Waals surface area contributed by atoms with Gasteiger partial charge in [-0.15, -0.1) is 0 Å². The molecule has 0 radical (unpaired) electrons. The van der Waals surface area contributed by atoms with Crippen LogP contribution in [0.25, 0.3) is 5.69 Å². The maximum atomic E-state index is 14.4. The number of halogens is 4.